The summed E-state index contributed by atoms with van der Waals surface area (Å²) < 4.78 is 1.84. The largest absolute Gasteiger partial charge is 0.289 e. The fourth-order valence-corrected chi connectivity index (χ4v) is 5.17. The van der Waals surface area contributed by atoms with E-state index < -0.39 is 0 Å². The number of hydrogen-bond donors (Lipinski definition) is 2. The van der Waals surface area contributed by atoms with E-state index in [-0.39, 0.29) is 16.7 Å². The summed E-state index contributed by atoms with van der Waals surface area (Å²) in [4.78, 5) is 13.2. The van der Waals surface area contributed by atoms with Crippen LogP contribution in [0.25, 0.3) is 0 Å². The molecule has 1 unspecified atom stereocenters. The highest BCUT2D eigenvalue weighted by Gasteiger charge is 2.43. The SMILES string of the molecule is CC(C)c1ccc(SN2CCSC(C)(C)C2C(=O)NO)cc1. The van der Waals surface area contributed by atoms with Gasteiger partial charge in [-0.15, -0.1) is 0 Å². The molecular weight excluding hydrogens is 316 g/mol. The van der Waals surface area contributed by atoms with Crippen LogP contribution in [0.15, 0.2) is 29.2 Å². The zero-order valence-corrected chi connectivity index (χ0v) is 15.1. The second kappa shape index (κ2) is 7.25. The third-order valence-electron chi connectivity index (χ3n) is 3.86. The van der Waals surface area contributed by atoms with Gasteiger partial charge in [-0.2, -0.15) is 11.8 Å². The minimum Gasteiger partial charge on any atom is -0.289 e. The van der Waals surface area contributed by atoms with Gasteiger partial charge in [0.25, 0.3) is 5.91 Å². The minimum absolute atomic E-state index is 0.240. The highest BCUT2D eigenvalue weighted by molar-refractivity contribution is 8.01. The van der Waals surface area contributed by atoms with Crippen molar-refractivity contribution in [2.45, 2.75) is 49.3 Å². The smallest absolute Gasteiger partial charge is 0.263 e. The van der Waals surface area contributed by atoms with Crippen LogP contribution in [0, 0.1) is 0 Å². The van der Waals surface area contributed by atoms with Gasteiger partial charge in [-0.25, -0.2) is 9.79 Å². The Balaban J connectivity index is 2.16. The average molecular weight is 341 g/mol. The number of thioether (sulfide) groups is 1. The van der Waals surface area contributed by atoms with E-state index in [9.17, 15) is 4.79 Å². The van der Waals surface area contributed by atoms with Gasteiger partial charge in [-0.1, -0.05) is 26.0 Å². The molecule has 0 aromatic heterocycles. The van der Waals surface area contributed by atoms with Gasteiger partial charge < -0.3 is 0 Å². The van der Waals surface area contributed by atoms with Crippen molar-refractivity contribution >= 4 is 29.6 Å². The third kappa shape index (κ3) is 3.98. The first-order valence-corrected chi connectivity index (χ1v) is 9.23. The summed E-state index contributed by atoms with van der Waals surface area (Å²) in [5, 5.41) is 9.06. The van der Waals surface area contributed by atoms with Gasteiger partial charge in [0.1, 0.15) is 6.04 Å². The summed E-state index contributed by atoms with van der Waals surface area (Å²) in [7, 11) is 0. The molecule has 1 amide bonds. The van der Waals surface area contributed by atoms with Gasteiger partial charge in [0.2, 0.25) is 0 Å². The van der Waals surface area contributed by atoms with Crippen LogP contribution in [0.3, 0.4) is 0 Å². The number of carbonyl (C=O) groups is 1. The lowest BCUT2D eigenvalue weighted by atomic mass is 10.0. The predicted molar refractivity (Wildman–Crippen MR) is 93.3 cm³/mol. The van der Waals surface area contributed by atoms with E-state index in [0.717, 1.165) is 17.2 Å². The van der Waals surface area contributed by atoms with Crippen LogP contribution >= 0.6 is 23.7 Å². The summed E-state index contributed by atoms with van der Waals surface area (Å²) in [5.41, 5.74) is 3.13. The Bertz CT molecular complexity index is 517. The van der Waals surface area contributed by atoms with Gasteiger partial charge in [0.15, 0.2) is 0 Å². The molecule has 2 N–H and O–H groups in total. The monoisotopic (exact) mass is 340 g/mol. The molecule has 1 aliphatic rings. The number of nitrogens with one attached hydrogen (secondary N) is 1. The van der Waals surface area contributed by atoms with Crippen molar-refractivity contribution in [3.63, 3.8) is 0 Å². The van der Waals surface area contributed by atoms with Gasteiger partial charge in [-0.3, -0.25) is 10.0 Å². The lowest BCUT2D eigenvalue weighted by Gasteiger charge is -2.43. The van der Waals surface area contributed by atoms with Crippen LogP contribution in [-0.2, 0) is 4.79 Å². The molecule has 0 saturated carbocycles. The molecule has 0 radical (unpaired) electrons. The van der Waals surface area contributed by atoms with Gasteiger partial charge in [0, 0.05) is 21.9 Å². The highest BCUT2D eigenvalue weighted by atomic mass is 32.2. The molecule has 1 heterocycles. The average Bonchev–Trinajstić information content (AvgIpc) is 2.46. The number of hydroxylamine groups is 1. The maximum absolute atomic E-state index is 12.1. The van der Waals surface area contributed by atoms with Crippen molar-refractivity contribution in [1.29, 1.82) is 0 Å². The number of carbonyl (C=O) groups excluding carboxylic acids is 1. The van der Waals surface area contributed by atoms with Crippen molar-refractivity contribution in [2.75, 3.05) is 12.3 Å². The van der Waals surface area contributed by atoms with Crippen LogP contribution in [0.1, 0.15) is 39.2 Å². The van der Waals surface area contributed by atoms with E-state index in [1.54, 1.807) is 23.7 Å². The molecule has 1 fully saturated rings. The molecule has 4 nitrogen and oxygen atoms in total. The van der Waals surface area contributed by atoms with Crippen LogP contribution in [0.2, 0.25) is 0 Å². The second-order valence-electron chi connectivity index (χ2n) is 6.29. The van der Waals surface area contributed by atoms with E-state index >= 15 is 0 Å². The van der Waals surface area contributed by atoms with Crippen LogP contribution in [0.4, 0.5) is 0 Å². The lowest BCUT2D eigenvalue weighted by molar-refractivity contribution is -0.133. The number of amides is 1. The zero-order valence-electron chi connectivity index (χ0n) is 13.5. The zero-order chi connectivity index (χ0) is 16.3. The highest BCUT2D eigenvalue weighted by Crippen LogP contribution is 2.40. The van der Waals surface area contributed by atoms with Gasteiger partial charge >= 0.3 is 0 Å². The number of rotatable bonds is 4. The Hall–Kier alpha value is -0.690. The third-order valence-corrected chi connectivity index (χ3v) is 6.33. The molecule has 22 heavy (non-hydrogen) atoms. The molecule has 0 bridgehead atoms. The molecule has 122 valence electrons. The Morgan fingerprint density at radius 1 is 1.41 bits per heavy atom. The maximum Gasteiger partial charge on any atom is 0.263 e. The van der Waals surface area contributed by atoms with Gasteiger partial charge in [0.05, 0.1) is 0 Å². The Morgan fingerprint density at radius 3 is 2.59 bits per heavy atom. The number of benzene rings is 1. The summed E-state index contributed by atoms with van der Waals surface area (Å²) in [6.45, 7) is 9.25. The lowest BCUT2D eigenvalue weighted by Crippen LogP contribution is -2.57. The fraction of sp³-hybridized carbons (Fsp3) is 0.562. The number of nitrogens with zero attached hydrogens (tertiary/aromatic N) is 1. The van der Waals surface area contributed by atoms with Crippen molar-refractivity contribution in [1.82, 2.24) is 9.79 Å². The van der Waals surface area contributed by atoms with E-state index in [1.807, 2.05) is 19.3 Å². The fourth-order valence-electron chi connectivity index (χ4n) is 2.61. The molecule has 1 atom stereocenters. The maximum atomic E-state index is 12.1. The van der Waals surface area contributed by atoms with Crippen molar-refractivity contribution < 1.29 is 10.0 Å². The molecule has 6 heteroatoms. The van der Waals surface area contributed by atoms with E-state index in [2.05, 4.69) is 42.4 Å². The standard InChI is InChI=1S/C16H24N2O2S2/c1-11(2)12-5-7-13(8-6-12)22-18-9-10-21-16(3,4)14(18)15(19)17-20/h5-8,11,14,20H,9-10H2,1-4H3,(H,17,19). The predicted octanol–water partition coefficient (Wildman–Crippen LogP) is 3.52. The van der Waals surface area contributed by atoms with Crippen LogP contribution < -0.4 is 5.48 Å². The summed E-state index contributed by atoms with van der Waals surface area (Å²) >= 11 is 3.35. The summed E-state index contributed by atoms with van der Waals surface area (Å²) in [6.07, 6.45) is 0. The van der Waals surface area contributed by atoms with Crippen LogP contribution in [0.5, 0.6) is 0 Å². The second-order valence-corrected chi connectivity index (χ2v) is 9.16. The van der Waals surface area contributed by atoms with Crippen molar-refractivity contribution in [3.05, 3.63) is 29.8 Å². The molecule has 1 aliphatic heterocycles. The van der Waals surface area contributed by atoms with E-state index in [4.69, 9.17) is 5.21 Å². The first kappa shape index (κ1) is 17.7. The molecule has 0 spiro atoms. The molecule has 1 aromatic carbocycles. The molecule has 1 saturated heterocycles. The van der Waals surface area contributed by atoms with Crippen molar-refractivity contribution in [3.8, 4) is 0 Å². The summed E-state index contributed by atoms with van der Waals surface area (Å²) in [5.74, 6) is 1.14. The van der Waals surface area contributed by atoms with Gasteiger partial charge in [-0.05, 0) is 49.4 Å². The first-order valence-electron chi connectivity index (χ1n) is 7.47. The molecular formula is C16H24N2O2S2. The number of hydrogen-bond acceptors (Lipinski definition) is 5. The van der Waals surface area contributed by atoms with Crippen molar-refractivity contribution in [2.24, 2.45) is 0 Å². The first-order chi connectivity index (χ1) is 10.3. The molecule has 1 aromatic rings. The van der Waals surface area contributed by atoms with E-state index in [0.29, 0.717) is 5.92 Å². The quantitative estimate of drug-likeness (QED) is 0.499. The normalized spacial score (nSPS) is 21.8. The summed E-state index contributed by atoms with van der Waals surface area (Å²) in [6, 6.07) is 8.10. The minimum atomic E-state index is -0.369. The van der Waals surface area contributed by atoms with E-state index in [1.165, 1.54) is 5.56 Å². The topological polar surface area (TPSA) is 52.6 Å². The Labute approximate surface area is 141 Å². The Kier molecular flexibility index (Phi) is 5.82. The molecule has 0 aliphatic carbocycles. The van der Waals surface area contributed by atoms with Crippen LogP contribution in [-0.4, -0.2) is 38.5 Å². The Morgan fingerprint density at radius 2 is 2.05 bits per heavy atom. The molecule has 2 rings (SSSR count).